The monoisotopic (exact) mass is 430 g/mol. The number of likely N-dealkylation sites (tertiary alicyclic amines) is 1. The molecular weight excluding hydrogens is 400 g/mol. The summed E-state index contributed by atoms with van der Waals surface area (Å²) in [6.45, 7) is 8.60. The van der Waals surface area contributed by atoms with E-state index in [1.54, 1.807) is 12.7 Å². The number of aromatic nitrogens is 5. The first kappa shape index (κ1) is 20.6. The SMILES string of the molecule is Cc1cccc2cc(C(C)Nc3ncnc4[nH]cnc34)nc(NCCN3CCCCC3)c12. The third-order valence-electron chi connectivity index (χ3n) is 6.27. The predicted octanol–water partition coefficient (Wildman–Crippen LogP) is 4.28. The second-order valence-electron chi connectivity index (χ2n) is 8.59. The number of benzene rings is 1. The number of hydrogen-bond donors (Lipinski definition) is 3. The van der Waals surface area contributed by atoms with Crippen LogP contribution in [0.2, 0.25) is 0 Å². The van der Waals surface area contributed by atoms with Gasteiger partial charge in [0.1, 0.15) is 17.7 Å². The quantitative estimate of drug-likeness (QED) is 0.403. The number of nitrogens with zero attached hydrogens (tertiary/aromatic N) is 5. The summed E-state index contributed by atoms with van der Waals surface area (Å²) in [7, 11) is 0. The molecule has 32 heavy (non-hydrogen) atoms. The number of rotatable bonds is 7. The minimum atomic E-state index is -0.0441. The Morgan fingerprint density at radius 2 is 1.97 bits per heavy atom. The summed E-state index contributed by atoms with van der Waals surface area (Å²) in [6.07, 6.45) is 7.16. The van der Waals surface area contributed by atoms with Gasteiger partial charge in [-0.1, -0.05) is 24.6 Å². The van der Waals surface area contributed by atoms with Crippen LogP contribution in [0.15, 0.2) is 36.9 Å². The first-order valence-corrected chi connectivity index (χ1v) is 11.5. The minimum absolute atomic E-state index is 0.0441. The molecule has 5 rings (SSSR count). The standard InChI is InChI=1S/C24H30N8/c1-16-7-6-8-18-13-19(17(2)30-24-21-23(27-14-26-21)28-15-29-24)31-22(20(16)18)25-9-12-32-10-4-3-5-11-32/h6-8,13-15,17H,3-5,9-12H2,1-2H3,(H,25,31)(H2,26,27,28,29,30). The van der Waals surface area contributed by atoms with Gasteiger partial charge < -0.3 is 20.5 Å². The largest absolute Gasteiger partial charge is 0.368 e. The van der Waals surface area contributed by atoms with Gasteiger partial charge in [-0.05, 0) is 56.8 Å². The van der Waals surface area contributed by atoms with E-state index in [4.69, 9.17) is 4.98 Å². The highest BCUT2D eigenvalue weighted by Gasteiger charge is 2.16. The van der Waals surface area contributed by atoms with Crippen LogP contribution in [-0.4, -0.2) is 56.0 Å². The van der Waals surface area contributed by atoms with E-state index in [1.807, 2.05) is 0 Å². The van der Waals surface area contributed by atoms with Crippen molar-refractivity contribution < 1.29 is 0 Å². The second-order valence-corrected chi connectivity index (χ2v) is 8.59. The van der Waals surface area contributed by atoms with Crippen LogP contribution in [0.4, 0.5) is 11.6 Å². The number of hydrogen-bond acceptors (Lipinski definition) is 7. The van der Waals surface area contributed by atoms with Gasteiger partial charge >= 0.3 is 0 Å². The van der Waals surface area contributed by atoms with Gasteiger partial charge in [0.05, 0.1) is 18.1 Å². The molecule has 0 bridgehead atoms. The van der Waals surface area contributed by atoms with E-state index in [0.717, 1.165) is 35.8 Å². The van der Waals surface area contributed by atoms with Gasteiger partial charge in [0.2, 0.25) is 0 Å². The molecule has 0 amide bonds. The number of aryl methyl sites for hydroxylation is 1. The number of H-pyrrole nitrogens is 1. The number of fused-ring (bicyclic) bond motifs is 2. The molecule has 1 unspecified atom stereocenters. The molecule has 1 saturated heterocycles. The average molecular weight is 431 g/mol. The number of aromatic amines is 1. The van der Waals surface area contributed by atoms with E-state index in [-0.39, 0.29) is 6.04 Å². The van der Waals surface area contributed by atoms with E-state index in [2.05, 4.69) is 73.6 Å². The van der Waals surface area contributed by atoms with Crippen molar-refractivity contribution in [2.45, 2.75) is 39.2 Å². The van der Waals surface area contributed by atoms with Gasteiger partial charge in [0.25, 0.3) is 0 Å². The lowest BCUT2D eigenvalue weighted by molar-refractivity contribution is 0.237. The first-order valence-electron chi connectivity index (χ1n) is 11.5. The van der Waals surface area contributed by atoms with Crippen molar-refractivity contribution in [3.05, 3.63) is 48.2 Å². The molecule has 1 aliphatic heterocycles. The average Bonchev–Trinajstić information content (AvgIpc) is 3.30. The third kappa shape index (κ3) is 4.23. The van der Waals surface area contributed by atoms with E-state index in [1.165, 1.54) is 48.7 Å². The molecule has 0 radical (unpaired) electrons. The molecule has 4 heterocycles. The van der Waals surface area contributed by atoms with Crippen LogP contribution in [0.5, 0.6) is 0 Å². The molecule has 0 aliphatic carbocycles. The van der Waals surface area contributed by atoms with E-state index in [9.17, 15) is 0 Å². The van der Waals surface area contributed by atoms with Crippen molar-refractivity contribution in [1.82, 2.24) is 29.8 Å². The number of anilines is 2. The molecule has 166 valence electrons. The topological polar surface area (TPSA) is 94.7 Å². The van der Waals surface area contributed by atoms with Crippen LogP contribution < -0.4 is 10.6 Å². The zero-order valence-corrected chi connectivity index (χ0v) is 18.7. The summed E-state index contributed by atoms with van der Waals surface area (Å²) in [5, 5.41) is 9.49. The second kappa shape index (κ2) is 9.08. The van der Waals surface area contributed by atoms with Crippen LogP contribution in [0.1, 0.15) is 43.5 Å². The number of piperidine rings is 1. The maximum Gasteiger partial charge on any atom is 0.162 e. The van der Waals surface area contributed by atoms with E-state index < -0.39 is 0 Å². The maximum absolute atomic E-state index is 5.04. The Morgan fingerprint density at radius 3 is 2.84 bits per heavy atom. The van der Waals surface area contributed by atoms with Crippen LogP contribution in [0.25, 0.3) is 21.9 Å². The Balaban J connectivity index is 1.40. The summed E-state index contributed by atoms with van der Waals surface area (Å²) in [6, 6.07) is 8.54. The fourth-order valence-corrected chi connectivity index (χ4v) is 4.53. The van der Waals surface area contributed by atoms with Crippen molar-refractivity contribution in [3.8, 4) is 0 Å². The maximum atomic E-state index is 5.04. The van der Waals surface area contributed by atoms with Gasteiger partial charge in [0, 0.05) is 18.5 Å². The molecule has 0 saturated carbocycles. The summed E-state index contributed by atoms with van der Waals surface area (Å²) >= 11 is 0. The summed E-state index contributed by atoms with van der Waals surface area (Å²) < 4.78 is 0. The highest BCUT2D eigenvalue weighted by molar-refractivity contribution is 5.95. The van der Waals surface area contributed by atoms with Gasteiger partial charge in [-0.3, -0.25) is 0 Å². The fourth-order valence-electron chi connectivity index (χ4n) is 4.53. The molecule has 1 aromatic carbocycles. The normalized spacial score (nSPS) is 15.8. The van der Waals surface area contributed by atoms with Crippen LogP contribution in [-0.2, 0) is 0 Å². The highest BCUT2D eigenvalue weighted by atomic mass is 15.2. The van der Waals surface area contributed by atoms with E-state index in [0.29, 0.717) is 5.82 Å². The van der Waals surface area contributed by atoms with Gasteiger partial charge in [0.15, 0.2) is 11.5 Å². The molecule has 8 nitrogen and oxygen atoms in total. The molecule has 1 atom stereocenters. The molecule has 0 spiro atoms. The number of pyridine rings is 1. The molecule has 8 heteroatoms. The lowest BCUT2D eigenvalue weighted by atomic mass is 10.0. The van der Waals surface area contributed by atoms with Crippen molar-refractivity contribution in [2.24, 2.45) is 0 Å². The van der Waals surface area contributed by atoms with Crippen molar-refractivity contribution in [2.75, 3.05) is 36.8 Å². The van der Waals surface area contributed by atoms with Crippen molar-refractivity contribution in [1.29, 1.82) is 0 Å². The Labute approximate surface area is 187 Å². The predicted molar refractivity (Wildman–Crippen MR) is 129 cm³/mol. The fraction of sp³-hybridized carbons (Fsp3) is 0.417. The molecule has 4 aromatic rings. The minimum Gasteiger partial charge on any atom is -0.368 e. The molecule has 3 N–H and O–H groups in total. The Hall–Kier alpha value is -3.26. The molecule has 3 aromatic heterocycles. The summed E-state index contributed by atoms with van der Waals surface area (Å²) in [5.74, 6) is 1.66. The molecule has 1 fully saturated rings. The molecular formula is C24H30N8. The Kier molecular flexibility index (Phi) is 5.85. The third-order valence-corrected chi connectivity index (χ3v) is 6.27. The van der Waals surface area contributed by atoms with Crippen LogP contribution in [0.3, 0.4) is 0 Å². The van der Waals surface area contributed by atoms with Crippen molar-refractivity contribution >= 4 is 33.6 Å². The zero-order chi connectivity index (χ0) is 21.9. The van der Waals surface area contributed by atoms with Gasteiger partial charge in [-0.15, -0.1) is 0 Å². The Morgan fingerprint density at radius 1 is 1.09 bits per heavy atom. The lowest BCUT2D eigenvalue weighted by Crippen LogP contribution is -2.33. The van der Waals surface area contributed by atoms with Crippen LogP contribution >= 0.6 is 0 Å². The van der Waals surface area contributed by atoms with E-state index >= 15 is 0 Å². The van der Waals surface area contributed by atoms with Gasteiger partial charge in [-0.25, -0.2) is 19.9 Å². The van der Waals surface area contributed by atoms with Crippen LogP contribution in [0, 0.1) is 6.92 Å². The smallest absolute Gasteiger partial charge is 0.162 e. The first-order chi connectivity index (χ1) is 15.7. The van der Waals surface area contributed by atoms with Crippen molar-refractivity contribution in [3.63, 3.8) is 0 Å². The Bertz CT molecular complexity index is 1210. The highest BCUT2D eigenvalue weighted by Crippen LogP contribution is 2.29. The summed E-state index contributed by atoms with van der Waals surface area (Å²) in [4.78, 5) is 23.6. The van der Waals surface area contributed by atoms with Gasteiger partial charge in [-0.2, -0.15) is 0 Å². The number of imidazole rings is 1. The number of nitrogens with one attached hydrogen (secondary N) is 3. The lowest BCUT2D eigenvalue weighted by Gasteiger charge is -2.26. The summed E-state index contributed by atoms with van der Waals surface area (Å²) in [5.41, 5.74) is 3.65. The molecule has 1 aliphatic rings. The zero-order valence-electron chi connectivity index (χ0n) is 18.7.